The van der Waals surface area contributed by atoms with Gasteiger partial charge in [0.05, 0.1) is 0 Å². The maximum Gasteiger partial charge on any atom is 0.366 e. The maximum absolute atomic E-state index is 12.6. The van der Waals surface area contributed by atoms with E-state index in [0.717, 1.165) is 6.92 Å². The third kappa shape index (κ3) is 3.70. The standard InChI is InChI=1S/C14H16N2O8S2/c1-3-12(21)23-25-26-24-13(22)14(2,15-8(17)4-5-9(15)18)16-10(19)6-7-11(16)20/h3-7H2,1-2H3. The molecule has 0 spiro atoms. The van der Waals surface area contributed by atoms with Gasteiger partial charge in [-0.3, -0.25) is 24.0 Å². The van der Waals surface area contributed by atoms with Crippen LogP contribution in [-0.2, 0) is 37.1 Å². The van der Waals surface area contributed by atoms with Crippen molar-refractivity contribution >= 4 is 57.7 Å². The smallest absolute Gasteiger partial charge is 0.366 e. The number of hydrogen-bond donors (Lipinski definition) is 0. The lowest BCUT2D eigenvalue weighted by molar-refractivity contribution is -0.178. The number of amides is 4. The molecule has 12 heteroatoms. The number of imide groups is 2. The Morgan fingerprint density at radius 3 is 1.65 bits per heavy atom. The second kappa shape index (κ2) is 8.08. The Hall–Kier alpha value is -2.08. The molecule has 0 saturated carbocycles. The third-order valence-electron chi connectivity index (χ3n) is 3.91. The Bertz CT molecular complexity index is 612. The van der Waals surface area contributed by atoms with Crippen LogP contribution < -0.4 is 0 Å². The van der Waals surface area contributed by atoms with Crippen molar-refractivity contribution in [1.29, 1.82) is 0 Å². The van der Waals surface area contributed by atoms with E-state index in [2.05, 4.69) is 4.18 Å². The van der Waals surface area contributed by atoms with Crippen molar-refractivity contribution in [3.05, 3.63) is 0 Å². The Morgan fingerprint density at radius 2 is 1.27 bits per heavy atom. The summed E-state index contributed by atoms with van der Waals surface area (Å²) in [5, 5.41) is 0. The number of hydrogen-bond acceptors (Lipinski definition) is 10. The van der Waals surface area contributed by atoms with Crippen LogP contribution in [0.2, 0.25) is 0 Å². The normalized spacial score (nSPS) is 17.9. The summed E-state index contributed by atoms with van der Waals surface area (Å²) in [6.45, 7) is 2.69. The fraction of sp³-hybridized carbons (Fsp3) is 0.571. The molecule has 2 heterocycles. The van der Waals surface area contributed by atoms with E-state index in [1.807, 2.05) is 0 Å². The van der Waals surface area contributed by atoms with Crippen molar-refractivity contribution in [3.63, 3.8) is 0 Å². The summed E-state index contributed by atoms with van der Waals surface area (Å²) in [5.41, 5.74) is -2.22. The summed E-state index contributed by atoms with van der Waals surface area (Å²) >= 11 is 0.846. The lowest BCUT2D eigenvalue weighted by atomic mass is 10.1. The van der Waals surface area contributed by atoms with Crippen molar-refractivity contribution in [1.82, 2.24) is 9.80 Å². The summed E-state index contributed by atoms with van der Waals surface area (Å²) in [7, 11) is 0. The molecule has 0 bridgehead atoms. The minimum atomic E-state index is -2.22. The first-order valence-electron chi connectivity index (χ1n) is 7.70. The highest BCUT2D eigenvalue weighted by Gasteiger charge is 2.58. The Kier molecular flexibility index (Phi) is 6.29. The van der Waals surface area contributed by atoms with E-state index in [4.69, 9.17) is 4.18 Å². The van der Waals surface area contributed by atoms with Gasteiger partial charge in [-0.05, 0) is 6.92 Å². The lowest BCUT2D eigenvalue weighted by Crippen LogP contribution is -2.66. The van der Waals surface area contributed by atoms with E-state index in [1.54, 1.807) is 6.92 Å². The second-order valence-electron chi connectivity index (χ2n) is 5.58. The third-order valence-corrected chi connectivity index (χ3v) is 5.02. The zero-order valence-corrected chi connectivity index (χ0v) is 15.6. The highest BCUT2D eigenvalue weighted by molar-refractivity contribution is 8.73. The summed E-state index contributed by atoms with van der Waals surface area (Å²) in [4.78, 5) is 73.4. The van der Waals surface area contributed by atoms with Gasteiger partial charge in [-0.2, -0.15) is 0 Å². The van der Waals surface area contributed by atoms with Crippen LogP contribution in [0.15, 0.2) is 0 Å². The first-order chi connectivity index (χ1) is 12.2. The van der Waals surface area contributed by atoms with Crippen LogP contribution in [0.4, 0.5) is 0 Å². The molecule has 2 aliphatic rings. The van der Waals surface area contributed by atoms with Gasteiger partial charge < -0.3 is 8.37 Å². The van der Waals surface area contributed by atoms with Gasteiger partial charge in [-0.25, -0.2) is 14.6 Å². The van der Waals surface area contributed by atoms with E-state index in [-0.39, 0.29) is 32.1 Å². The van der Waals surface area contributed by atoms with Gasteiger partial charge >= 0.3 is 11.9 Å². The molecule has 142 valence electrons. The highest BCUT2D eigenvalue weighted by Crippen LogP contribution is 2.35. The molecule has 0 aromatic rings. The number of likely N-dealkylation sites (tertiary alicyclic amines) is 2. The van der Waals surface area contributed by atoms with Crippen molar-refractivity contribution < 1.29 is 37.1 Å². The maximum atomic E-state index is 12.6. The minimum Gasteiger partial charge on any atom is -0.376 e. The summed E-state index contributed by atoms with van der Waals surface area (Å²) in [6.07, 6.45) is -0.406. The van der Waals surface area contributed by atoms with Gasteiger partial charge in [-0.15, -0.1) is 0 Å². The topological polar surface area (TPSA) is 127 Å². The van der Waals surface area contributed by atoms with E-state index in [1.165, 1.54) is 0 Å². The number of rotatable bonds is 7. The largest absolute Gasteiger partial charge is 0.376 e. The van der Waals surface area contributed by atoms with E-state index in [9.17, 15) is 28.8 Å². The van der Waals surface area contributed by atoms with Gasteiger partial charge in [0.2, 0.25) is 29.3 Å². The molecule has 2 saturated heterocycles. The Balaban J connectivity index is 2.23. The predicted octanol–water partition coefficient (Wildman–Crippen LogP) is 0.708. The van der Waals surface area contributed by atoms with Crippen LogP contribution in [0.25, 0.3) is 0 Å². The molecule has 0 unspecified atom stereocenters. The van der Waals surface area contributed by atoms with E-state index < -0.39 is 41.2 Å². The molecule has 2 aliphatic heterocycles. The number of carbonyl (C=O) groups is 6. The van der Waals surface area contributed by atoms with Crippen LogP contribution in [-0.4, -0.2) is 51.0 Å². The van der Waals surface area contributed by atoms with E-state index >= 15 is 0 Å². The van der Waals surface area contributed by atoms with Crippen molar-refractivity contribution in [2.45, 2.75) is 51.6 Å². The Morgan fingerprint density at radius 1 is 0.885 bits per heavy atom. The quantitative estimate of drug-likeness (QED) is 0.259. The van der Waals surface area contributed by atoms with Crippen LogP contribution in [0.5, 0.6) is 0 Å². The monoisotopic (exact) mass is 404 g/mol. The van der Waals surface area contributed by atoms with Crippen molar-refractivity contribution in [3.8, 4) is 0 Å². The minimum absolute atomic E-state index is 0.118. The van der Waals surface area contributed by atoms with Crippen molar-refractivity contribution in [2.24, 2.45) is 0 Å². The number of carbonyl (C=O) groups excluding carboxylic acids is 6. The van der Waals surface area contributed by atoms with Crippen LogP contribution >= 0.6 is 22.1 Å². The molecule has 0 radical (unpaired) electrons. The number of nitrogens with zero attached hydrogens (tertiary/aromatic N) is 2. The second-order valence-corrected chi connectivity index (χ2v) is 7.00. The van der Waals surface area contributed by atoms with Crippen molar-refractivity contribution in [2.75, 3.05) is 0 Å². The molecule has 4 amide bonds. The van der Waals surface area contributed by atoms with Gasteiger partial charge in [0.15, 0.2) is 22.1 Å². The molecule has 2 rings (SSSR count). The van der Waals surface area contributed by atoms with Crippen LogP contribution in [0, 0.1) is 0 Å². The van der Waals surface area contributed by atoms with Gasteiger partial charge in [-0.1, -0.05) is 6.92 Å². The van der Waals surface area contributed by atoms with E-state index in [0.29, 0.717) is 31.9 Å². The summed E-state index contributed by atoms with van der Waals surface area (Å²) in [5.74, 6) is -4.45. The predicted molar refractivity (Wildman–Crippen MR) is 88.2 cm³/mol. The zero-order valence-electron chi connectivity index (χ0n) is 14.0. The fourth-order valence-electron chi connectivity index (χ4n) is 2.64. The van der Waals surface area contributed by atoms with Crippen LogP contribution in [0.3, 0.4) is 0 Å². The zero-order chi connectivity index (χ0) is 19.5. The first-order valence-corrected chi connectivity index (χ1v) is 9.70. The molecule has 0 aromatic heterocycles. The average molecular weight is 404 g/mol. The SMILES string of the molecule is CCC(=O)OSSOC(=O)C(C)(N1C(=O)CCC1=O)N1C(=O)CCC1=O. The molecule has 10 nitrogen and oxygen atoms in total. The molecule has 0 aromatic carbocycles. The summed E-state index contributed by atoms with van der Waals surface area (Å²) < 4.78 is 9.55. The fourth-order valence-corrected chi connectivity index (χ4v) is 3.69. The Labute approximate surface area is 156 Å². The molecular weight excluding hydrogens is 388 g/mol. The molecule has 2 fully saturated rings. The molecule has 0 N–H and O–H groups in total. The molecular formula is C14H16N2O8S2. The molecule has 26 heavy (non-hydrogen) atoms. The van der Waals surface area contributed by atoms with Crippen LogP contribution in [0.1, 0.15) is 46.0 Å². The highest BCUT2D eigenvalue weighted by atomic mass is 33.1. The van der Waals surface area contributed by atoms with Gasteiger partial charge in [0.1, 0.15) is 0 Å². The average Bonchev–Trinajstić information content (AvgIpc) is 3.12. The molecule has 0 aliphatic carbocycles. The van der Waals surface area contributed by atoms with Gasteiger partial charge in [0, 0.05) is 32.1 Å². The van der Waals surface area contributed by atoms with Gasteiger partial charge in [0.25, 0.3) is 0 Å². The first kappa shape index (κ1) is 20.2. The molecule has 0 atom stereocenters. The lowest BCUT2D eigenvalue weighted by Gasteiger charge is -2.39. The summed E-state index contributed by atoms with van der Waals surface area (Å²) in [6, 6.07) is 0.